The first kappa shape index (κ1) is 35.3. The molecule has 0 N–H and O–H groups in total. The van der Waals surface area contributed by atoms with E-state index in [-0.39, 0.29) is 28.0 Å². The molecule has 3 heteroatoms. The molecule has 0 bridgehead atoms. The number of anilines is 3. The van der Waals surface area contributed by atoms with Crippen LogP contribution in [0.3, 0.4) is 0 Å². The van der Waals surface area contributed by atoms with E-state index in [4.69, 9.17) is 0 Å². The maximum absolute atomic E-state index is 14.2. The van der Waals surface area contributed by atoms with E-state index in [0.29, 0.717) is 11.1 Å². The fourth-order valence-corrected chi connectivity index (χ4v) is 9.74. The number of hydrogen-bond donors (Lipinski definition) is 0. The van der Waals surface area contributed by atoms with E-state index in [0.717, 1.165) is 72.2 Å². The molecule has 3 aliphatic carbocycles. The van der Waals surface area contributed by atoms with E-state index in [1.807, 2.05) is 42.5 Å². The topological polar surface area (TPSA) is 37.4 Å². The summed E-state index contributed by atoms with van der Waals surface area (Å²) < 4.78 is 0. The number of allylic oxidation sites excluding steroid dienone is 1. The quantitative estimate of drug-likeness (QED) is 0.132. The number of Topliss-reactive ketones (excluding diaryl/α,β-unsaturated/α-hetero) is 2. The van der Waals surface area contributed by atoms with Gasteiger partial charge in [-0.1, -0.05) is 139 Å². The number of nitrogens with zero attached hydrogens (tertiary/aromatic N) is 1. The summed E-state index contributed by atoms with van der Waals surface area (Å²) in [6.07, 6.45) is 1.88. The largest absolute Gasteiger partial charge is 0.310 e. The van der Waals surface area contributed by atoms with Crippen molar-refractivity contribution in [1.82, 2.24) is 0 Å². The van der Waals surface area contributed by atoms with Gasteiger partial charge in [0.25, 0.3) is 0 Å². The molecule has 8 aromatic carbocycles. The second kappa shape index (κ2) is 12.3. The molecule has 0 unspecified atom stereocenters. The molecule has 0 atom stereocenters. The van der Waals surface area contributed by atoms with Gasteiger partial charge in [0.15, 0.2) is 11.6 Å². The Balaban J connectivity index is 1.19. The Hall–Kier alpha value is -6.84. The van der Waals surface area contributed by atoms with Crippen molar-refractivity contribution < 1.29 is 9.59 Å². The lowest BCUT2D eigenvalue weighted by Gasteiger charge is -2.30. The number of carbonyl (C=O) groups is 2. The summed E-state index contributed by atoms with van der Waals surface area (Å²) >= 11 is 0. The Labute approximate surface area is 345 Å². The van der Waals surface area contributed by atoms with Crippen LogP contribution in [0.5, 0.6) is 0 Å². The first-order chi connectivity index (χ1) is 28.4. The maximum atomic E-state index is 14.2. The highest BCUT2D eigenvalue weighted by molar-refractivity contribution is 6.42. The molecule has 284 valence electrons. The molecule has 59 heavy (non-hydrogen) atoms. The van der Waals surface area contributed by atoms with Crippen molar-refractivity contribution in [1.29, 1.82) is 0 Å². The van der Waals surface area contributed by atoms with Gasteiger partial charge >= 0.3 is 0 Å². The van der Waals surface area contributed by atoms with Crippen LogP contribution in [0.4, 0.5) is 17.1 Å². The molecule has 0 aliphatic heterocycles. The van der Waals surface area contributed by atoms with Gasteiger partial charge in [-0.15, -0.1) is 0 Å². The van der Waals surface area contributed by atoms with Crippen molar-refractivity contribution in [3.8, 4) is 44.5 Å². The summed E-state index contributed by atoms with van der Waals surface area (Å²) in [6.45, 7) is 13.5. The molecule has 0 amide bonds. The molecule has 0 aromatic heterocycles. The van der Waals surface area contributed by atoms with Crippen molar-refractivity contribution in [3.05, 3.63) is 179 Å². The zero-order valence-electron chi connectivity index (χ0n) is 34.2. The van der Waals surface area contributed by atoms with Crippen molar-refractivity contribution in [2.24, 2.45) is 0 Å². The lowest BCUT2D eigenvalue weighted by molar-refractivity contribution is 0.0990. The molecular formula is C56H43NO2. The van der Waals surface area contributed by atoms with E-state index in [9.17, 15) is 9.59 Å². The molecule has 0 saturated carbocycles. The van der Waals surface area contributed by atoms with Crippen LogP contribution in [-0.4, -0.2) is 11.6 Å². The number of hydrogen-bond acceptors (Lipinski definition) is 3. The predicted molar refractivity (Wildman–Crippen MR) is 245 cm³/mol. The van der Waals surface area contributed by atoms with Crippen LogP contribution >= 0.6 is 0 Å². The summed E-state index contributed by atoms with van der Waals surface area (Å²) in [6, 6.07) is 51.7. The molecule has 11 rings (SSSR count). The van der Waals surface area contributed by atoms with E-state index in [1.165, 1.54) is 27.6 Å². The van der Waals surface area contributed by atoms with E-state index in [2.05, 4.69) is 156 Å². The Morgan fingerprint density at radius 3 is 1.34 bits per heavy atom. The Morgan fingerprint density at radius 2 is 0.847 bits per heavy atom. The van der Waals surface area contributed by atoms with Gasteiger partial charge in [0.1, 0.15) is 0 Å². The zero-order chi connectivity index (χ0) is 40.5. The highest BCUT2D eigenvalue weighted by atomic mass is 16.2. The van der Waals surface area contributed by atoms with Crippen LogP contribution in [-0.2, 0) is 10.8 Å². The van der Waals surface area contributed by atoms with E-state index >= 15 is 0 Å². The minimum atomic E-state index is -0.215. The summed E-state index contributed by atoms with van der Waals surface area (Å²) in [5.41, 5.74) is 17.1. The number of benzene rings is 8. The second-order valence-corrected chi connectivity index (χ2v) is 18.4. The molecule has 3 aliphatic rings. The monoisotopic (exact) mass is 761 g/mol. The smallest absolute Gasteiger partial charge is 0.197 e. The maximum Gasteiger partial charge on any atom is 0.197 e. The highest BCUT2D eigenvalue weighted by Crippen LogP contribution is 2.61. The first-order valence-electron chi connectivity index (χ1n) is 20.6. The van der Waals surface area contributed by atoms with Gasteiger partial charge in [0, 0.05) is 33.5 Å². The molecule has 0 radical (unpaired) electrons. The minimum absolute atomic E-state index is 0.0201. The molecule has 0 saturated heterocycles. The van der Waals surface area contributed by atoms with Crippen molar-refractivity contribution in [2.45, 2.75) is 52.4 Å². The average Bonchev–Trinajstić information content (AvgIpc) is 3.82. The summed E-state index contributed by atoms with van der Waals surface area (Å²) in [7, 11) is 0. The van der Waals surface area contributed by atoms with Gasteiger partial charge in [-0.2, -0.15) is 0 Å². The molecule has 0 heterocycles. The SMILES string of the molecule is CC(C)(C)c1ccc(N(c2ccc(C(C)(C)C)cc2)c2cc3c4c(c(C=C5C(=O)c6cc7ccccc7cc6C5=O)cc5c4c2-c2ccccc2-5)-c2ccccc2-3)cc1. The Bertz CT molecular complexity index is 3060. The zero-order valence-corrected chi connectivity index (χ0v) is 34.2. The lowest BCUT2D eigenvalue weighted by atomic mass is 9.86. The lowest BCUT2D eigenvalue weighted by Crippen LogP contribution is -2.15. The van der Waals surface area contributed by atoms with E-state index in [1.54, 1.807) is 0 Å². The molecule has 3 nitrogen and oxygen atoms in total. The standard InChI is InChI=1S/C56H43NO2/c1-55(2,3)35-19-23-37(24-20-35)57(38-25-21-36(22-26-38)56(4,5)6)48-31-44-39-15-9-11-17-41(39)49-34(29-43-40-16-10-12-18-42(40)50(48)52(43)51(44)49)30-47-53(58)45-27-32-13-7-8-14-33(32)28-46(45)54(47)59/h7-31H,1-6H3. The van der Waals surface area contributed by atoms with Gasteiger partial charge in [-0.3, -0.25) is 9.59 Å². The first-order valence-corrected chi connectivity index (χ1v) is 20.6. The summed E-state index contributed by atoms with van der Waals surface area (Å²) in [5.74, 6) is -0.430. The van der Waals surface area contributed by atoms with Crippen LogP contribution in [0.2, 0.25) is 0 Å². The van der Waals surface area contributed by atoms with Crippen molar-refractivity contribution >= 4 is 56.2 Å². The highest BCUT2D eigenvalue weighted by Gasteiger charge is 2.37. The molecule has 8 aromatic rings. The molecular weight excluding hydrogens is 719 g/mol. The average molecular weight is 762 g/mol. The number of fused-ring (bicyclic) bond motifs is 8. The van der Waals surface area contributed by atoms with Gasteiger partial charge in [0.2, 0.25) is 0 Å². The number of ketones is 2. The summed E-state index contributed by atoms with van der Waals surface area (Å²) in [5, 5.41) is 4.27. The van der Waals surface area contributed by atoms with Gasteiger partial charge in [-0.05, 0) is 137 Å². The normalized spacial score (nSPS) is 13.6. The number of carbonyl (C=O) groups excluding carboxylic acids is 2. The van der Waals surface area contributed by atoms with Crippen LogP contribution < -0.4 is 4.90 Å². The van der Waals surface area contributed by atoms with Crippen LogP contribution in [0.25, 0.3) is 72.1 Å². The van der Waals surface area contributed by atoms with Gasteiger partial charge < -0.3 is 4.90 Å². The minimum Gasteiger partial charge on any atom is -0.310 e. The third-order valence-corrected chi connectivity index (χ3v) is 12.8. The van der Waals surface area contributed by atoms with Crippen LogP contribution in [0.1, 0.15) is 78.9 Å². The molecule has 0 spiro atoms. The fraction of sp³-hybridized carbons (Fsp3) is 0.143. The van der Waals surface area contributed by atoms with Crippen molar-refractivity contribution in [2.75, 3.05) is 4.90 Å². The van der Waals surface area contributed by atoms with Gasteiger partial charge in [0.05, 0.1) is 11.3 Å². The predicted octanol–water partition coefficient (Wildman–Crippen LogP) is 14.8. The Kier molecular flexibility index (Phi) is 7.39. The number of rotatable bonds is 4. The third-order valence-electron chi connectivity index (χ3n) is 12.8. The van der Waals surface area contributed by atoms with Crippen LogP contribution in [0, 0.1) is 0 Å². The summed E-state index contributed by atoms with van der Waals surface area (Å²) in [4.78, 5) is 30.8. The van der Waals surface area contributed by atoms with Gasteiger partial charge in [-0.25, -0.2) is 0 Å². The molecule has 0 fully saturated rings. The van der Waals surface area contributed by atoms with E-state index < -0.39 is 0 Å². The Morgan fingerprint density at radius 1 is 0.424 bits per heavy atom. The fourth-order valence-electron chi connectivity index (χ4n) is 9.74. The van der Waals surface area contributed by atoms with Crippen molar-refractivity contribution in [3.63, 3.8) is 0 Å². The second-order valence-electron chi connectivity index (χ2n) is 18.4. The van der Waals surface area contributed by atoms with Crippen LogP contribution in [0.15, 0.2) is 151 Å². The third kappa shape index (κ3) is 5.20.